The number of rotatable bonds is 5. The summed E-state index contributed by atoms with van der Waals surface area (Å²) in [5.41, 5.74) is 2.13. The van der Waals surface area contributed by atoms with Crippen molar-refractivity contribution in [1.82, 2.24) is 14.9 Å². The van der Waals surface area contributed by atoms with Gasteiger partial charge in [0.15, 0.2) is 0 Å². The fraction of sp³-hybridized carbons (Fsp3) is 0.227. The minimum Gasteiger partial charge on any atom is -0.341 e. The number of pyridine rings is 2. The average Bonchev–Trinajstić information content (AvgIpc) is 3.12. The molecule has 4 rings (SSSR count). The summed E-state index contributed by atoms with van der Waals surface area (Å²) in [6, 6.07) is 14.3. The maximum Gasteiger partial charge on any atom is 0.222 e. The first-order valence-corrected chi connectivity index (χ1v) is 9.05. The second kappa shape index (κ2) is 7.27. The van der Waals surface area contributed by atoms with Crippen LogP contribution >= 0.6 is 0 Å². The molecule has 0 bridgehead atoms. The van der Waals surface area contributed by atoms with Crippen LogP contribution in [0.5, 0.6) is 0 Å². The first-order chi connectivity index (χ1) is 13.2. The van der Waals surface area contributed by atoms with Gasteiger partial charge in [-0.1, -0.05) is 24.3 Å². The van der Waals surface area contributed by atoms with Crippen molar-refractivity contribution in [2.75, 3.05) is 13.1 Å². The van der Waals surface area contributed by atoms with Crippen molar-refractivity contribution in [3.8, 4) is 0 Å². The number of likely N-dealkylation sites (tertiary alicyclic amines) is 1. The summed E-state index contributed by atoms with van der Waals surface area (Å²) in [5, 5.41) is 0. The fourth-order valence-corrected chi connectivity index (χ4v) is 3.90. The number of aromatic nitrogens is 2. The molecular formula is C22H20FN3O. The van der Waals surface area contributed by atoms with E-state index >= 15 is 0 Å². The van der Waals surface area contributed by atoms with Gasteiger partial charge in [0.2, 0.25) is 5.91 Å². The van der Waals surface area contributed by atoms with Gasteiger partial charge in [0.1, 0.15) is 5.82 Å². The van der Waals surface area contributed by atoms with Crippen LogP contribution in [0.4, 0.5) is 4.39 Å². The molecule has 1 saturated heterocycles. The molecule has 1 amide bonds. The number of hydrogen-bond acceptors (Lipinski definition) is 3. The molecule has 0 aliphatic carbocycles. The Morgan fingerprint density at radius 1 is 0.926 bits per heavy atom. The van der Waals surface area contributed by atoms with Crippen molar-refractivity contribution >= 4 is 5.91 Å². The highest BCUT2D eigenvalue weighted by atomic mass is 19.1. The predicted molar refractivity (Wildman–Crippen MR) is 101 cm³/mol. The number of carbonyl (C=O) groups is 1. The predicted octanol–water partition coefficient (Wildman–Crippen LogP) is 3.57. The second-order valence-corrected chi connectivity index (χ2v) is 6.81. The zero-order valence-corrected chi connectivity index (χ0v) is 14.9. The Balaban J connectivity index is 1.95. The number of nitrogens with zero attached hydrogens (tertiary/aromatic N) is 3. The Bertz CT molecular complexity index is 874. The molecule has 1 aromatic carbocycles. The summed E-state index contributed by atoms with van der Waals surface area (Å²) in [6.45, 7) is 1.19. The molecule has 2 aromatic heterocycles. The quantitative estimate of drug-likeness (QED) is 0.698. The zero-order valence-electron chi connectivity index (χ0n) is 14.9. The van der Waals surface area contributed by atoms with E-state index in [-0.39, 0.29) is 11.7 Å². The van der Waals surface area contributed by atoms with Crippen molar-refractivity contribution in [2.45, 2.75) is 18.3 Å². The van der Waals surface area contributed by atoms with Gasteiger partial charge >= 0.3 is 0 Å². The highest BCUT2D eigenvalue weighted by molar-refractivity contribution is 5.78. The summed E-state index contributed by atoms with van der Waals surface area (Å²) in [5.74, 6) is -0.142. The van der Waals surface area contributed by atoms with Gasteiger partial charge in [0, 0.05) is 44.3 Å². The second-order valence-electron chi connectivity index (χ2n) is 6.81. The Labute approximate surface area is 157 Å². The third-order valence-corrected chi connectivity index (χ3v) is 5.25. The van der Waals surface area contributed by atoms with E-state index in [9.17, 15) is 9.18 Å². The lowest BCUT2D eigenvalue weighted by molar-refractivity contribution is -0.128. The molecule has 0 N–H and O–H groups in total. The monoisotopic (exact) mass is 361 g/mol. The first-order valence-electron chi connectivity index (χ1n) is 9.05. The zero-order chi connectivity index (χ0) is 18.7. The standard InChI is InChI=1S/C22H20FN3O/c23-20-9-7-17(8-10-20)22(18-4-1-11-24-14-18,19-5-2-12-25-15-19)16-26-13-3-6-21(26)27/h1-2,4-5,7-12,14-15H,3,6,13,16H2. The van der Waals surface area contributed by atoms with Crippen LogP contribution in [0.15, 0.2) is 73.3 Å². The van der Waals surface area contributed by atoms with Gasteiger partial charge in [-0.3, -0.25) is 14.8 Å². The molecule has 136 valence electrons. The Hall–Kier alpha value is -3.08. The van der Waals surface area contributed by atoms with Gasteiger partial charge in [0.05, 0.1) is 5.41 Å². The number of carbonyl (C=O) groups excluding carboxylic acids is 1. The third-order valence-electron chi connectivity index (χ3n) is 5.25. The van der Waals surface area contributed by atoms with Crippen molar-refractivity contribution in [2.24, 2.45) is 0 Å². The van der Waals surface area contributed by atoms with Gasteiger partial charge in [-0.25, -0.2) is 4.39 Å². The van der Waals surface area contributed by atoms with E-state index in [2.05, 4.69) is 9.97 Å². The Morgan fingerprint density at radius 2 is 1.56 bits per heavy atom. The number of hydrogen-bond donors (Lipinski definition) is 0. The van der Waals surface area contributed by atoms with Gasteiger partial charge in [-0.05, 0) is 47.4 Å². The normalized spacial score (nSPS) is 14.6. The maximum atomic E-state index is 13.7. The minimum absolute atomic E-state index is 0.147. The number of benzene rings is 1. The van der Waals surface area contributed by atoms with Crippen LogP contribution in [0.25, 0.3) is 0 Å². The summed E-state index contributed by atoms with van der Waals surface area (Å²) >= 11 is 0. The third kappa shape index (κ3) is 3.21. The van der Waals surface area contributed by atoms with E-state index in [1.54, 1.807) is 24.5 Å². The molecule has 3 heterocycles. The fourth-order valence-electron chi connectivity index (χ4n) is 3.90. The lowest BCUT2D eigenvalue weighted by Crippen LogP contribution is -2.43. The molecule has 1 aliphatic heterocycles. The SMILES string of the molecule is O=C1CCCN1CC(c1ccc(F)cc1)(c1cccnc1)c1cccnc1. The molecule has 3 aromatic rings. The van der Waals surface area contributed by atoms with E-state index < -0.39 is 5.41 Å². The lowest BCUT2D eigenvalue weighted by atomic mass is 9.70. The first kappa shape index (κ1) is 17.3. The summed E-state index contributed by atoms with van der Waals surface area (Å²) in [4.78, 5) is 23.0. The number of amides is 1. The highest BCUT2D eigenvalue weighted by Gasteiger charge is 2.40. The molecule has 5 heteroatoms. The molecular weight excluding hydrogens is 341 g/mol. The van der Waals surface area contributed by atoms with Gasteiger partial charge < -0.3 is 4.90 Å². The van der Waals surface area contributed by atoms with Crippen LogP contribution in [0.3, 0.4) is 0 Å². The van der Waals surface area contributed by atoms with Crippen LogP contribution in [-0.2, 0) is 10.2 Å². The van der Waals surface area contributed by atoms with Crippen LogP contribution in [0, 0.1) is 5.82 Å². The summed E-state index contributed by atoms with van der Waals surface area (Å²) in [7, 11) is 0. The van der Waals surface area contributed by atoms with Crippen LogP contribution < -0.4 is 0 Å². The molecule has 0 spiro atoms. The molecule has 0 saturated carbocycles. The van der Waals surface area contributed by atoms with Gasteiger partial charge in [-0.2, -0.15) is 0 Å². The van der Waals surface area contributed by atoms with Crippen molar-refractivity contribution < 1.29 is 9.18 Å². The van der Waals surface area contributed by atoms with Gasteiger partial charge in [0.25, 0.3) is 0 Å². The molecule has 0 radical (unpaired) electrons. The van der Waals surface area contributed by atoms with Gasteiger partial charge in [-0.15, -0.1) is 0 Å². The Morgan fingerprint density at radius 3 is 2.04 bits per heavy atom. The molecule has 1 fully saturated rings. The maximum absolute atomic E-state index is 13.7. The van der Waals surface area contributed by atoms with Crippen LogP contribution in [0.1, 0.15) is 29.5 Å². The number of halogens is 1. The largest absolute Gasteiger partial charge is 0.341 e. The van der Waals surface area contributed by atoms with Crippen LogP contribution in [-0.4, -0.2) is 33.9 Å². The average molecular weight is 361 g/mol. The molecule has 0 unspecified atom stereocenters. The highest BCUT2D eigenvalue weighted by Crippen LogP contribution is 2.40. The van der Waals surface area contributed by atoms with Crippen LogP contribution in [0.2, 0.25) is 0 Å². The van der Waals surface area contributed by atoms with Crippen molar-refractivity contribution in [1.29, 1.82) is 0 Å². The topological polar surface area (TPSA) is 46.1 Å². The van der Waals surface area contributed by atoms with Crippen molar-refractivity contribution in [3.05, 3.63) is 95.8 Å². The Kier molecular flexibility index (Phi) is 4.67. The van der Waals surface area contributed by atoms with E-state index in [1.165, 1.54) is 12.1 Å². The molecule has 0 atom stereocenters. The summed E-state index contributed by atoms with van der Waals surface area (Å²) < 4.78 is 13.7. The lowest BCUT2D eigenvalue weighted by Gasteiger charge is -2.38. The van der Waals surface area contributed by atoms with E-state index in [1.807, 2.05) is 41.6 Å². The minimum atomic E-state index is -0.670. The summed E-state index contributed by atoms with van der Waals surface area (Å²) in [6.07, 6.45) is 8.51. The van der Waals surface area contributed by atoms with Crippen molar-refractivity contribution in [3.63, 3.8) is 0 Å². The molecule has 1 aliphatic rings. The molecule has 4 nitrogen and oxygen atoms in total. The van der Waals surface area contributed by atoms with E-state index in [4.69, 9.17) is 0 Å². The van der Waals surface area contributed by atoms with E-state index in [0.717, 1.165) is 29.7 Å². The van der Waals surface area contributed by atoms with E-state index in [0.29, 0.717) is 13.0 Å². The molecule has 27 heavy (non-hydrogen) atoms. The smallest absolute Gasteiger partial charge is 0.222 e.